The summed E-state index contributed by atoms with van der Waals surface area (Å²) in [6.45, 7) is 0.840. The molecule has 118 valence electrons. The molecular weight excluding hydrogens is 316 g/mol. The summed E-state index contributed by atoms with van der Waals surface area (Å²) < 4.78 is 2.18. The molecule has 24 heavy (non-hydrogen) atoms. The number of aromatic nitrogens is 4. The zero-order valence-corrected chi connectivity index (χ0v) is 13.9. The maximum Gasteiger partial charge on any atom is 0.150 e. The Balaban J connectivity index is 1.55. The van der Waals surface area contributed by atoms with E-state index in [0.29, 0.717) is 0 Å². The lowest BCUT2D eigenvalue weighted by molar-refractivity contribution is 0.690. The van der Waals surface area contributed by atoms with Crippen LogP contribution in [0, 0.1) is 0 Å². The van der Waals surface area contributed by atoms with Crippen molar-refractivity contribution in [1.29, 1.82) is 0 Å². The van der Waals surface area contributed by atoms with Gasteiger partial charge in [0.15, 0.2) is 0 Å². The summed E-state index contributed by atoms with van der Waals surface area (Å²) in [7, 11) is 0. The number of nitrogens with zero attached hydrogens (tertiary/aromatic N) is 4. The molecule has 0 radical (unpaired) electrons. The molecule has 0 aliphatic carbocycles. The fraction of sp³-hybridized carbons (Fsp3) is 0.105. The lowest BCUT2D eigenvalue weighted by atomic mass is 10.2. The van der Waals surface area contributed by atoms with Crippen LogP contribution in [0.3, 0.4) is 0 Å². The van der Waals surface area contributed by atoms with Gasteiger partial charge >= 0.3 is 0 Å². The van der Waals surface area contributed by atoms with Crippen molar-refractivity contribution in [3.05, 3.63) is 79.1 Å². The smallest absolute Gasteiger partial charge is 0.150 e. The quantitative estimate of drug-likeness (QED) is 0.547. The minimum Gasteiger partial charge on any atom is -0.330 e. The molecule has 0 unspecified atom stereocenters. The number of thiophene rings is 1. The second-order valence-corrected chi connectivity index (χ2v) is 6.50. The average molecular weight is 332 g/mol. The van der Waals surface area contributed by atoms with Gasteiger partial charge in [-0.3, -0.25) is 9.97 Å². The molecule has 0 aliphatic rings. The molecule has 3 heterocycles. The van der Waals surface area contributed by atoms with Gasteiger partial charge in [0.25, 0.3) is 0 Å². The third-order valence-corrected chi connectivity index (χ3v) is 4.96. The Hall–Kier alpha value is -2.79. The van der Waals surface area contributed by atoms with E-state index in [-0.39, 0.29) is 0 Å². The first-order chi connectivity index (χ1) is 11.9. The van der Waals surface area contributed by atoms with Gasteiger partial charge in [0.05, 0.1) is 10.6 Å². The predicted octanol–water partition coefficient (Wildman–Crippen LogP) is 4.31. The topological polar surface area (TPSA) is 43.6 Å². The second kappa shape index (κ2) is 6.76. The molecule has 0 saturated heterocycles. The normalized spacial score (nSPS) is 10.8. The average Bonchev–Trinajstić information content (AvgIpc) is 3.31. The summed E-state index contributed by atoms with van der Waals surface area (Å²) >= 11 is 1.77. The second-order valence-electron chi connectivity index (χ2n) is 5.42. The molecule has 0 amide bonds. The lowest BCUT2D eigenvalue weighted by Crippen LogP contribution is -2.03. The molecule has 0 spiro atoms. The van der Waals surface area contributed by atoms with Crippen LogP contribution in [0.25, 0.3) is 21.1 Å². The molecule has 4 aromatic rings. The van der Waals surface area contributed by atoms with Crippen molar-refractivity contribution < 1.29 is 0 Å². The predicted molar refractivity (Wildman–Crippen MR) is 96.7 cm³/mol. The Labute approximate surface area is 144 Å². The SMILES string of the molecule is c1ccc(-c2ccc(-c3nccn3CCc3cnccn3)s2)cc1. The Bertz CT molecular complexity index is 913. The van der Waals surface area contributed by atoms with Crippen LogP contribution in [0.4, 0.5) is 0 Å². The highest BCUT2D eigenvalue weighted by atomic mass is 32.1. The van der Waals surface area contributed by atoms with E-state index in [1.807, 2.05) is 24.7 Å². The Morgan fingerprint density at radius 3 is 2.58 bits per heavy atom. The lowest BCUT2D eigenvalue weighted by Gasteiger charge is -2.06. The number of rotatable bonds is 5. The fourth-order valence-electron chi connectivity index (χ4n) is 2.62. The highest BCUT2D eigenvalue weighted by molar-refractivity contribution is 7.18. The van der Waals surface area contributed by atoms with Crippen molar-refractivity contribution in [2.24, 2.45) is 0 Å². The molecule has 4 rings (SSSR count). The van der Waals surface area contributed by atoms with E-state index in [0.717, 1.165) is 24.5 Å². The number of hydrogen-bond donors (Lipinski definition) is 0. The van der Waals surface area contributed by atoms with Gasteiger partial charge in [0.2, 0.25) is 0 Å². The van der Waals surface area contributed by atoms with E-state index < -0.39 is 0 Å². The van der Waals surface area contributed by atoms with Gasteiger partial charge in [-0.25, -0.2) is 4.98 Å². The first kappa shape index (κ1) is 14.8. The standard InChI is InChI=1S/C19H16N4S/c1-2-4-15(5-3-1)17-6-7-18(24-17)19-22-11-13-23(19)12-8-16-14-20-9-10-21-16/h1-7,9-11,13-14H,8,12H2. The first-order valence-corrected chi connectivity index (χ1v) is 8.63. The van der Waals surface area contributed by atoms with Crippen LogP contribution in [-0.4, -0.2) is 19.5 Å². The molecule has 3 aromatic heterocycles. The molecule has 0 N–H and O–H groups in total. The van der Waals surface area contributed by atoms with Crippen molar-refractivity contribution >= 4 is 11.3 Å². The van der Waals surface area contributed by atoms with Gasteiger partial charge in [0.1, 0.15) is 5.82 Å². The summed E-state index contributed by atoms with van der Waals surface area (Å²) in [5.74, 6) is 1.01. The van der Waals surface area contributed by atoms with E-state index in [2.05, 4.69) is 55.9 Å². The van der Waals surface area contributed by atoms with Crippen LogP contribution < -0.4 is 0 Å². The molecular formula is C19H16N4S. The maximum atomic E-state index is 4.54. The minimum absolute atomic E-state index is 0.840. The number of benzene rings is 1. The van der Waals surface area contributed by atoms with Crippen molar-refractivity contribution in [3.8, 4) is 21.1 Å². The highest BCUT2D eigenvalue weighted by Crippen LogP contribution is 2.33. The summed E-state index contributed by atoms with van der Waals surface area (Å²) in [5, 5.41) is 0. The van der Waals surface area contributed by atoms with Crippen LogP contribution in [-0.2, 0) is 13.0 Å². The zero-order chi connectivity index (χ0) is 16.2. The van der Waals surface area contributed by atoms with Gasteiger partial charge in [-0.05, 0) is 17.7 Å². The van der Waals surface area contributed by atoms with E-state index in [4.69, 9.17) is 0 Å². The van der Waals surface area contributed by atoms with Gasteiger partial charge in [-0.1, -0.05) is 30.3 Å². The fourth-order valence-corrected chi connectivity index (χ4v) is 3.65. The van der Waals surface area contributed by atoms with E-state index in [9.17, 15) is 0 Å². The molecule has 0 saturated carbocycles. The molecule has 1 aromatic carbocycles. The minimum atomic E-state index is 0.840. The van der Waals surface area contributed by atoms with Crippen LogP contribution >= 0.6 is 11.3 Å². The maximum absolute atomic E-state index is 4.54. The van der Waals surface area contributed by atoms with Gasteiger partial charge in [0, 0.05) is 48.8 Å². The van der Waals surface area contributed by atoms with Crippen LogP contribution in [0.2, 0.25) is 0 Å². The summed E-state index contributed by atoms with van der Waals surface area (Å²) in [5.41, 5.74) is 2.24. The van der Waals surface area contributed by atoms with E-state index >= 15 is 0 Å². The number of imidazole rings is 1. The monoisotopic (exact) mass is 332 g/mol. The highest BCUT2D eigenvalue weighted by Gasteiger charge is 2.10. The Kier molecular flexibility index (Phi) is 4.16. The van der Waals surface area contributed by atoms with Crippen molar-refractivity contribution in [2.75, 3.05) is 0 Å². The van der Waals surface area contributed by atoms with Crippen molar-refractivity contribution in [1.82, 2.24) is 19.5 Å². The largest absolute Gasteiger partial charge is 0.330 e. The third kappa shape index (κ3) is 3.12. The molecule has 0 bridgehead atoms. The summed E-state index contributed by atoms with van der Waals surface area (Å²) in [6, 6.07) is 14.8. The molecule has 5 heteroatoms. The zero-order valence-electron chi connectivity index (χ0n) is 13.0. The van der Waals surface area contributed by atoms with Crippen molar-refractivity contribution in [2.45, 2.75) is 13.0 Å². The number of aryl methyl sites for hydroxylation is 2. The van der Waals surface area contributed by atoms with Crippen LogP contribution in [0.1, 0.15) is 5.69 Å². The third-order valence-electron chi connectivity index (χ3n) is 3.83. The van der Waals surface area contributed by atoms with Gasteiger partial charge < -0.3 is 4.57 Å². The van der Waals surface area contributed by atoms with Crippen LogP contribution in [0.5, 0.6) is 0 Å². The van der Waals surface area contributed by atoms with Crippen molar-refractivity contribution in [3.63, 3.8) is 0 Å². The summed E-state index contributed by atoms with van der Waals surface area (Å²) in [4.78, 5) is 15.4. The number of hydrogen-bond acceptors (Lipinski definition) is 4. The molecule has 0 atom stereocenters. The van der Waals surface area contributed by atoms with Gasteiger partial charge in [-0.15, -0.1) is 11.3 Å². The molecule has 0 aliphatic heterocycles. The van der Waals surface area contributed by atoms with Crippen LogP contribution in [0.15, 0.2) is 73.4 Å². The Morgan fingerprint density at radius 2 is 1.75 bits per heavy atom. The summed E-state index contributed by atoms with van der Waals surface area (Å²) in [6.07, 6.45) is 9.96. The van der Waals surface area contributed by atoms with E-state index in [1.165, 1.54) is 15.3 Å². The molecule has 4 nitrogen and oxygen atoms in total. The molecule has 0 fully saturated rings. The van der Waals surface area contributed by atoms with E-state index in [1.54, 1.807) is 23.7 Å². The van der Waals surface area contributed by atoms with Gasteiger partial charge in [-0.2, -0.15) is 0 Å². The Morgan fingerprint density at radius 1 is 0.875 bits per heavy atom. The first-order valence-electron chi connectivity index (χ1n) is 7.82.